The van der Waals surface area contributed by atoms with Gasteiger partial charge in [0.1, 0.15) is 0 Å². The minimum absolute atomic E-state index is 0.0596. The average Bonchev–Trinajstić information content (AvgIpc) is 2.95. The average molecular weight is 292 g/mol. The summed E-state index contributed by atoms with van der Waals surface area (Å²) in [6.45, 7) is 10.8. The van der Waals surface area contributed by atoms with E-state index in [0.29, 0.717) is 6.61 Å². The number of rotatable bonds is 5. The van der Waals surface area contributed by atoms with Crippen molar-refractivity contribution in [2.75, 3.05) is 6.61 Å². The summed E-state index contributed by atoms with van der Waals surface area (Å²) in [6.07, 6.45) is -0.0596. The van der Waals surface area contributed by atoms with Crippen LogP contribution in [-0.4, -0.2) is 27.0 Å². The third-order valence-electron chi connectivity index (χ3n) is 3.85. The van der Waals surface area contributed by atoms with Gasteiger partial charge in [0.25, 0.3) is 0 Å². The molecule has 0 heterocycles. The van der Waals surface area contributed by atoms with E-state index in [2.05, 4.69) is 38.7 Å². The second kappa shape index (κ2) is 5.33. The highest BCUT2D eigenvalue weighted by Gasteiger charge is 2.68. The smallest absolute Gasteiger partial charge is 0.312 e. The maximum atomic E-state index is 12.2. The fraction of sp³-hybridized carbons (Fsp3) is 0.562. The Hall–Kier alpha value is -1.13. The SMILES string of the molecule is CCOC(=O)C1C(O[Si](C)(C)C)C1(C)c1ccccc1. The first-order valence-electron chi connectivity index (χ1n) is 7.20. The number of carbonyl (C=O) groups is 1. The summed E-state index contributed by atoms with van der Waals surface area (Å²) in [6, 6.07) is 10.1. The van der Waals surface area contributed by atoms with Crippen LogP contribution in [0, 0.1) is 5.92 Å². The molecule has 0 amide bonds. The molecule has 3 unspecified atom stereocenters. The van der Waals surface area contributed by atoms with E-state index in [4.69, 9.17) is 9.16 Å². The van der Waals surface area contributed by atoms with Crippen molar-refractivity contribution in [3.05, 3.63) is 35.9 Å². The number of benzene rings is 1. The zero-order valence-electron chi connectivity index (χ0n) is 13.0. The van der Waals surface area contributed by atoms with Gasteiger partial charge in [-0.1, -0.05) is 37.3 Å². The molecule has 1 aliphatic rings. The minimum Gasteiger partial charge on any atom is -0.466 e. The molecule has 20 heavy (non-hydrogen) atoms. The summed E-state index contributed by atoms with van der Waals surface area (Å²) in [5.41, 5.74) is 0.898. The van der Waals surface area contributed by atoms with Crippen LogP contribution in [0.1, 0.15) is 19.4 Å². The molecule has 3 nitrogen and oxygen atoms in total. The molecule has 0 aromatic heterocycles. The molecule has 2 rings (SSSR count). The molecule has 0 spiro atoms. The Morgan fingerprint density at radius 3 is 2.35 bits per heavy atom. The fourth-order valence-corrected chi connectivity index (χ4v) is 3.93. The van der Waals surface area contributed by atoms with Crippen molar-refractivity contribution in [1.82, 2.24) is 0 Å². The minimum atomic E-state index is -1.70. The van der Waals surface area contributed by atoms with Crippen molar-refractivity contribution < 1.29 is 14.0 Å². The molecular formula is C16H24O3Si. The lowest BCUT2D eigenvalue weighted by Crippen LogP contribution is -2.29. The number of carbonyl (C=O) groups excluding carboxylic acids is 1. The van der Waals surface area contributed by atoms with Gasteiger partial charge < -0.3 is 9.16 Å². The lowest BCUT2D eigenvalue weighted by molar-refractivity contribution is -0.145. The topological polar surface area (TPSA) is 35.5 Å². The van der Waals surface area contributed by atoms with Gasteiger partial charge in [-0.25, -0.2) is 0 Å². The molecule has 0 saturated heterocycles. The summed E-state index contributed by atoms with van der Waals surface area (Å²) in [7, 11) is -1.70. The molecule has 4 heteroatoms. The zero-order valence-corrected chi connectivity index (χ0v) is 14.0. The van der Waals surface area contributed by atoms with Crippen molar-refractivity contribution in [3.8, 4) is 0 Å². The highest BCUT2D eigenvalue weighted by atomic mass is 28.4. The Morgan fingerprint density at radius 2 is 1.85 bits per heavy atom. The van der Waals surface area contributed by atoms with Crippen LogP contribution in [-0.2, 0) is 19.4 Å². The van der Waals surface area contributed by atoms with Crippen molar-refractivity contribution in [3.63, 3.8) is 0 Å². The predicted octanol–water partition coefficient (Wildman–Crippen LogP) is 3.36. The maximum Gasteiger partial charge on any atom is 0.312 e. The summed E-state index contributed by atoms with van der Waals surface area (Å²) in [5.74, 6) is -0.321. The first-order chi connectivity index (χ1) is 9.30. The van der Waals surface area contributed by atoms with Crippen LogP contribution in [0.2, 0.25) is 19.6 Å². The van der Waals surface area contributed by atoms with Crippen molar-refractivity contribution >= 4 is 14.3 Å². The van der Waals surface area contributed by atoms with Gasteiger partial charge in [-0.05, 0) is 32.1 Å². The summed E-state index contributed by atoms with van der Waals surface area (Å²) in [4.78, 5) is 12.2. The molecule has 110 valence electrons. The van der Waals surface area contributed by atoms with Gasteiger partial charge in [-0.3, -0.25) is 4.79 Å². The van der Waals surface area contributed by atoms with E-state index in [1.165, 1.54) is 0 Å². The Bertz CT molecular complexity index is 480. The maximum absolute atomic E-state index is 12.2. The van der Waals surface area contributed by atoms with Crippen LogP contribution in [0.4, 0.5) is 0 Å². The second-order valence-electron chi connectivity index (χ2n) is 6.53. The van der Waals surface area contributed by atoms with Gasteiger partial charge in [-0.2, -0.15) is 0 Å². The summed E-state index contributed by atoms with van der Waals surface area (Å²) < 4.78 is 11.5. The predicted molar refractivity (Wildman–Crippen MR) is 82.1 cm³/mol. The molecule has 1 saturated carbocycles. The molecule has 0 N–H and O–H groups in total. The molecule has 1 aromatic rings. The number of ether oxygens (including phenoxy) is 1. The van der Waals surface area contributed by atoms with E-state index >= 15 is 0 Å². The van der Waals surface area contributed by atoms with Gasteiger partial charge in [0.15, 0.2) is 8.32 Å². The molecule has 1 aromatic carbocycles. The summed E-state index contributed by atoms with van der Waals surface area (Å²) in [5, 5.41) is 0. The van der Waals surface area contributed by atoms with Gasteiger partial charge in [-0.15, -0.1) is 0 Å². The highest BCUT2D eigenvalue weighted by Crippen LogP contribution is 2.57. The van der Waals surface area contributed by atoms with Crippen LogP contribution in [0.5, 0.6) is 0 Å². The van der Waals surface area contributed by atoms with Gasteiger partial charge in [0.05, 0.1) is 18.6 Å². The lowest BCUT2D eigenvalue weighted by Gasteiger charge is -2.20. The zero-order chi connectivity index (χ0) is 15.0. The molecule has 0 radical (unpaired) electrons. The van der Waals surface area contributed by atoms with Gasteiger partial charge >= 0.3 is 5.97 Å². The molecule has 0 aliphatic heterocycles. The van der Waals surface area contributed by atoms with Crippen molar-refractivity contribution in [2.45, 2.75) is 45.0 Å². The van der Waals surface area contributed by atoms with E-state index in [1.54, 1.807) is 0 Å². The molecule has 1 aliphatic carbocycles. The molecule has 3 atom stereocenters. The Balaban J connectivity index is 2.27. The van der Waals surface area contributed by atoms with Crippen molar-refractivity contribution in [2.24, 2.45) is 5.92 Å². The Kier molecular flexibility index (Phi) is 4.07. The third kappa shape index (κ3) is 2.81. The molecule has 0 bridgehead atoms. The first kappa shape index (κ1) is 15.3. The van der Waals surface area contributed by atoms with Gasteiger partial charge in [0, 0.05) is 5.41 Å². The molecular weight excluding hydrogens is 268 g/mol. The quantitative estimate of drug-likeness (QED) is 0.616. The number of hydrogen-bond donors (Lipinski definition) is 0. The molecule has 1 fully saturated rings. The number of esters is 1. The Morgan fingerprint density at radius 1 is 1.25 bits per heavy atom. The second-order valence-corrected chi connectivity index (χ2v) is 11.0. The van der Waals surface area contributed by atoms with Gasteiger partial charge in [0.2, 0.25) is 0 Å². The van der Waals surface area contributed by atoms with Crippen LogP contribution in [0.25, 0.3) is 0 Å². The van der Waals surface area contributed by atoms with E-state index in [0.717, 1.165) is 5.56 Å². The third-order valence-corrected chi connectivity index (χ3v) is 4.81. The standard InChI is InChI=1S/C16H24O3Si/c1-6-18-15(17)13-14(19-20(3,4)5)16(13,2)12-10-8-7-9-11-12/h7-11,13-14H,6H2,1-5H3. The van der Waals surface area contributed by atoms with Crippen molar-refractivity contribution in [1.29, 1.82) is 0 Å². The van der Waals surface area contributed by atoms with E-state index in [9.17, 15) is 4.79 Å². The van der Waals surface area contributed by atoms with Crippen LogP contribution < -0.4 is 0 Å². The largest absolute Gasteiger partial charge is 0.466 e. The highest BCUT2D eigenvalue weighted by molar-refractivity contribution is 6.69. The van der Waals surface area contributed by atoms with E-state index < -0.39 is 8.32 Å². The first-order valence-corrected chi connectivity index (χ1v) is 10.6. The normalized spacial score (nSPS) is 29.1. The Labute approximate surface area is 122 Å². The van der Waals surface area contributed by atoms with E-state index in [-0.39, 0.29) is 23.4 Å². The monoisotopic (exact) mass is 292 g/mol. The lowest BCUT2D eigenvalue weighted by atomic mass is 9.95. The fourth-order valence-electron chi connectivity index (χ4n) is 2.79. The van der Waals surface area contributed by atoms with E-state index in [1.807, 2.05) is 25.1 Å². The van der Waals surface area contributed by atoms with Crippen LogP contribution in [0.15, 0.2) is 30.3 Å². The summed E-state index contributed by atoms with van der Waals surface area (Å²) >= 11 is 0. The van der Waals surface area contributed by atoms with Crippen LogP contribution in [0.3, 0.4) is 0 Å². The van der Waals surface area contributed by atoms with Crippen LogP contribution >= 0.6 is 0 Å². The number of hydrogen-bond acceptors (Lipinski definition) is 3.